The van der Waals surface area contributed by atoms with Gasteiger partial charge >= 0.3 is 0 Å². The summed E-state index contributed by atoms with van der Waals surface area (Å²) in [6, 6.07) is 4.92. The zero-order valence-corrected chi connectivity index (χ0v) is 12.3. The van der Waals surface area contributed by atoms with Crippen molar-refractivity contribution < 1.29 is 0 Å². The largest absolute Gasteiger partial charge is 0.396 e. The number of rotatable bonds is 3. The summed E-state index contributed by atoms with van der Waals surface area (Å²) in [5.74, 6) is 0.903. The van der Waals surface area contributed by atoms with Crippen LogP contribution in [0.2, 0.25) is 0 Å². The lowest BCUT2D eigenvalue weighted by molar-refractivity contribution is 0.110. The second kappa shape index (κ2) is 5.40. The summed E-state index contributed by atoms with van der Waals surface area (Å²) in [5.41, 5.74) is 7.41. The quantitative estimate of drug-likeness (QED) is 0.930. The maximum absolute atomic E-state index is 5.94. The van der Waals surface area contributed by atoms with Gasteiger partial charge in [-0.15, -0.1) is 0 Å². The molecule has 0 bridgehead atoms. The van der Waals surface area contributed by atoms with Crippen LogP contribution in [0.25, 0.3) is 5.65 Å². The van der Waals surface area contributed by atoms with Gasteiger partial charge < -0.3 is 5.73 Å². The van der Waals surface area contributed by atoms with Crippen molar-refractivity contribution in [3.8, 4) is 0 Å². The number of hydrogen-bond acceptors (Lipinski definition) is 4. The number of nitrogens with two attached hydrogens (primary N) is 1. The van der Waals surface area contributed by atoms with E-state index in [9.17, 15) is 0 Å². The molecule has 1 saturated heterocycles. The Morgan fingerprint density at radius 3 is 3.00 bits per heavy atom. The number of pyridine rings is 1. The molecule has 20 heavy (non-hydrogen) atoms. The Labute approximate surface area is 119 Å². The number of likely N-dealkylation sites (tertiary alicyclic amines) is 1. The summed E-state index contributed by atoms with van der Waals surface area (Å²) >= 11 is 0. The van der Waals surface area contributed by atoms with Crippen molar-refractivity contribution in [3.63, 3.8) is 0 Å². The predicted octanol–water partition coefficient (Wildman–Crippen LogP) is 2.12. The van der Waals surface area contributed by atoms with Crippen molar-refractivity contribution in [1.82, 2.24) is 19.5 Å². The molecule has 2 aromatic heterocycles. The molecule has 0 aliphatic carbocycles. The second-order valence-electron chi connectivity index (χ2n) is 5.95. The third-order valence-corrected chi connectivity index (χ3v) is 4.19. The molecule has 0 radical (unpaired) electrons. The van der Waals surface area contributed by atoms with E-state index < -0.39 is 0 Å². The SMILES string of the molecule is CC(C)N1CCCCC1Cc1nc2c(N)cccn2n1. The molecule has 0 amide bonds. The van der Waals surface area contributed by atoms with E-state index in [1.165, 1.54) is 25.8 Å². The van der Waals surface area contributed by atoms with E-state index in [2.05, 4.69) is 28.8 Å². The molecule has 0 saturated carbocycles. The van der Waals surface area contributed by atoms with Crippen molar-refractivity contribution >= 4 is 11.3 Å². The lowest BCUT2D eigenvalue weighted by atomic mass is 9.97. The minimum Gasteiger partial charge on any atom is -0.396 e. The zero-order valence-electron chi connectivity index (χ0n) is 12.3. The van der Waals surface area contributed by atoms with E-state index >= 15 is 0 Å². The van der Waals surface area contributed by atoms with Crippen LogP contribution in [0.3, 0.4) is 0 Å². The van der Waals surface area contributed by atoms with Gasteiger partial charge in [-0.05, 0) is 45.4 Å². The molecule has 3 rings (SSSR count). The summed E-state index contributed by atoms with van der Waals surface area (Å²) < 4.78 is 1.78. The van der Waals surface area contributed by atoms with Crippen molar-refractivity contribution in [3.05, 3.63) is 24.2 Å². The average molecular weight is 273 g/mol. The zero-order chi connectivity index (χ0) is 14.1. The highest BCUT2D eigenvalue weighted by Crippen LogP contribution is 2.22. The Morgan fingerprint density at radius 2 is 2.25 bits per heavy atom. The second-order valence-corrected chi connectivity index (χ2v) is 5.95. The standard InChI is InChI=1S/C15H23N5/c1-11(2)19-8-4-3-6-12(19)10-14-17-15-13(16)7-5-9-20(15)18-14/h5,7,9,11-12H,3-4,6,8,10,16H2,1-2H3. The molecule has 2 aromatic rings. The molecule has 1 aliphatic rings. The number of piperidine rings is 1. The van der Waals surface area contributed by atoms with E-state index in [1.54, 1.807) is 4.52 Å². The summed E-state index contributed by atoms with van der Waals surface area (Å²) in [4.78, 5) is 7.18. The first-order chi connectivity index (χ1) is 9.65. The molecular weight excluding hydrogens is 250 g/mol. The van der Waals surface area contributed by atoms with Crippen molar-refractivity contribution in [2.24, 2.45) is 0 Å². The Kier molecular flexibility index (Phi) is 3.61. The first-order valence-electron chi connectivity index (χ1n) is 7.50. The van der Waals surface area contributed by atoms with Gasteiger partial charge in [-0.25, -0.2) is 9.50 Å². The van der Waals surface area contributed by atoms with Gasteiger partial charge in [0.15, 0.2) is 11.5 Å². The predicted molar refractivity (Wildman–Crippen MR) is 80.6 cm³/mol. The number of hydrogen-bond donors (Lipinski definition) is 1. The maximum atomic E-state index is 5.94. The van der Waals surface area contributed by atoms with Crippen molar-refractivity contribution in [1.29, 1.82) is 0 Å². The number of anilines is 1. The summed E-state index contributed by atoms with van der Waals surface area (Å²) in [6.07, 6.45) is 6.68. The van der Waals surface area contributed by atoms with Crippen LogP contribution in [-0.4, -0.2) is 38.1 Å². The highest BCUT2D eigenvalue weighted by Gasteiger charge is 2.25. The molecule has 1 atom stereocenters. The Hall–Kier alpha value is -1.62. The number of nitrogens with zero attached hydrogens (tertiary/aromatic N) is 4. The van der Waals surface area contributed by atoms with E-state index in [4.69, 9.17) is 5.73 Å². The van der Waals surface area contributed by atoms with Crippen LogP contribution in [-0.2, 0) is 6.42 Å². The molecule has 1 aliphatic heterocycles. The number of aromatic nitrogens is 3. The first-order valence-corrected chi connectivity index (χ1v) is 7.50. The smallest absolute Gasteiger partial charge is 0.178 e. The summed E-state index contributed by atoms with van der Waals surface area (Å²) in [5, 5.41) is 4.56. The van der Waals surface area contributed by atoms with Gasteiger partial charge in [-0.2, -0.15) is 5.10 Å². The molecule has 2 N–H and O–H groups in total. The fourth-order valence-electron chi connectivity index (χ4n) is 3.19. The molecule has 1 unspecified atom stereocenters. The van der Waals surface area contributed by atoms with E-state index in [0.29, 0.717) is 17.8 Å². The summed E-state index contributed by atoms with van der Waals surface area (Å²) in [7, 11) is 0. The normalized spacial score (nSPS) is 20.9. The van der Waals surface area contributed by atoms with Crippen molar-refractivity contribution in [2.45, 2.75) is 51.6 Å². The van der Waals surface area contributed by atoms with Crippen LogP contribution in [0.15, 0.2) is 18.3 Å². The van der Waals surface area contributed by atoms with E-state index in [-0.39, 0.29) is 0 Å². The van der Waals surface area contributed by atoms with Gasteiger partial charge in [-0.3, -0.25) is 4.90 Å². The molecule has 5 heteroatoms. The van der Waals surface area contributed by atoms with Crippen LogP contribution in [0.1, 0.15) is 38.9 Å². The van der Waals surface area contributed by atoms with Crippen LogP contribution in [0.4, 0.5) is 5.69 Å². The number of nitrogen functional groups attached to an aromatic ring is 1. The van der Waals surface area contributed by atoms with Crippen LogP contribution >= 0.6 is 0 Å². The Balaban J connectivity index is 1.82. The van der Waals surface area contributed by atoms with Crippen LogP contribution < -0.4 is 5.73 Å². The number of fused-ring (bicyclic) bond motifs is 1. The molecule has 0 aromatic carbocycles. The molecule has 108 valence electrons. The molecule has 1 fully saturated rings. The fraction of sp³-hybridized carbons (Fsp3) is 0.600. The molecular formula is C15H23N5. The van der Waals surface area contributed by atoms with Gasteiger partial charge in [0.1, 0.15) is 0 Å². The lowest BCUT2D eigenvalue weighted by Crippen LogP contribution is -2.45. The van der Waals surface area contributed by atoms with E-state index in [0.717, 1.165) is 17.9 Å². The molecule has 5 nitrogen and oxygen atoms in total. The topological polar surface area (TPSA) is 59.5 Å². The van der Waals surface area contributed by atoms with Gasteiger partial charge in [0, 0.05) is 24.7 Å². The van der Waals surface area contributed by atoms with Gasteiger partial charge in [0.25, 0.3) is 0 Å². The highest BCUT2D eigenvalue weighted by atomic mass is 15.3. The van der Waals surface area contributed by atoms with Gasteiger partial charge in [-0.1, -0.05) is 6.42 Å². The first kappa shape index (κ1) is 13.4. The lowest BCUT2D eigenvalue weighted by Gasteiger charge is -2.38. The minimum absolute atomic E-state index is 0.558. The monoisotopic (exact) mass is 273 g/mol. The van der Waals surface area contributed by atoms with Gasteiger partial charge in [0.2, 0.25) is 0 Å². The van der Waals surface area contributed by atoms with E-state index in [1.807, 2.05) is 18.3 Å². The van der Waals surface area contributed by atoms with Gasteiger partial charge in [0.05, 0.1) is 5.69 Å². The highest BCUT2D eigenvalue weighted by molar-refractivity contribution is 5.63. The summed E-state index contributed by atoms with van der Waals surface area (Å²) in [6.45, 7) is 5.73. The molecule has 0 spiro atoms. The third-order valence-electron chi connectivity index (χ3n) is 4.19. The fourth-order valence-corrected chi connectivity index (χ4v) is 3.19. The Bertz CT molecular complexity index is 589. The Morgan fingerprint density at radius 1 is 1.40 bits per heavy atom. The van der Waals surface area contributed by atoms with Crippen LogP contribution in [0.5, 0.6) is 0 Å². The third kappa shape index (κ3) is 2.50. The minimum atomic E-state index is 0.558. The maximum Gasteiger partial charge on any atom is 0.178 e. The van der Waals surface area contributed by atoms with Crippen molar-refractivity contribution in [2.75, 3.05) is 12.3 Å². The average Bonchev–Trinajstić information content (AvgIpc) is 2.83. The van der Waals surface area contributed by atoms with Crippen LogP contribution in [0, 0.1) is 0 Å². The molecule has 3 heterocycles.